The summed E-state index contributed by atoms with van der Waals surface area (Å²) in [6.07, 6.45) is 7.09. The highest BCUT2D eigenvalue weighted by Gasteiger charge is 2.10. The van der Waals surface area contributed by atoms with Gasteiger partial charge in [-0.25, -0.2) is 9.97 Å². The molecule has 2 heterocycles. The lowest BCUT2D eigenvalue weighted by atomic mass is 10.1. The van der Waals surface area contributed by atoms with Crippen molar-refractivity contribution in [2.45, 2.75) is 32.4 Å². The first-order chi connectivity index (χ1) is 11.3. The van der Waals surface area contributed by atoms with Crippen LogP contribution in [0.3, 0.4) is 0 Å². The molecule has 3 rings (SSSR count). The minimum absolute atomic E-state index is 0.331. The molecular formula is C18H21N5. The second-order valence-corrected chi connectivity index (χ2v) is 5.91. The molecule has 0 atom stereocenters. The van der Waals surface area contributed by atoms with Crippen LogP contribution in [0.4, 0.5) is 5.82 Å². The molecule has 1 aromatic heterocycles. The van der Waals surface area contributed by atoms with E-state index in [4.69, 9.17) is 5.26 Å². The number of nitrogens with one attached hydrogen (secondary N) is 1. The lowest BCUT2D eigenvalue weighted by molar-refractivity contribution is 0.221. The number of rotatable bonds is 5. The second-order valence-electron chi connectivity index (χ2n) is 5.91. The van der Waals surface area contributed by atoms with Gasteiger partial charge in [-0.2, -0.15) is 5.26 Å². The summed E-state index contributed by atoms with van der Waals surface area (Å²) < 4.78 is 0. The molecule has 0 amide bonds. The van der Waals surface area contributed by atoms with E-state index in [2.05, 4.69) is 44.5 Å². The molecule has 23 heavy (non-hydrogen) atoms. The standard InChI is InChI=1S/C18H21N5/c19-10-17-12-22-18(13-20-17)21-11-15-4-6-16(7-5-15)14-23-8-2-1-3-9-23/h4-7,12-13H,1-3,8-9,11,14H2,(H,21,22). The van der Waals surface area contributed by atoms with Crippen molar-refractivity contribution >= 4 is 5.82 Å². The molecule has 5 nitrogen and oxygen atoms in total. The molecule has 0 unspecified atom stereocenters. The maximum absolute atomic E-state index is 8.70. The normalized spacial score (nSPS) is 15.1. The van der Waals surface area contributed by atoms with Gasteiger partial charge in [0.25, 0.3) is 0 Å². The van der Waals surface area contributed by atoms with Crippen molar-refractivity contribution in [1.29, 1.82) is 5.26 Å². The summed E-state index contributed by atoms with van der Waals surface area (Å²) >= 11 is 0. The summed E-state index contributed by atoms with van der Waals surface area (Å²) in [5.41, 5.74) is 2.91. The Morgan fingerprint density at radius 3 is 2.39 bits per heavy atom. The summed E-state index contributed by atoms with van der Waals surface area (Å²) in [5, 5.41) is 11.9. The van der Waals surface area contributed by atoms with E-state index in [-0.39, 0.29) is 0 Å². The van der Waals surface area contributed by atoms with Crippen LogP contribution >= 0.6 is 0 Å². The average molecular weight is 307 g/mol. The molecule has 0 bridgehead atoms. The van der Waals surface area contributed by atoms with Gasteiger partial charge < -0.3 is 5.32 Å². The zero-order valence-electron chi connectivity index (χ0n) is 13.2. The van der Waals surface area contributed by atoms with Crippen molar-refractivity contribution < 1.29 is 0 Å². The maximum Gasteiger partial charge on any atom is 0.158 e. The van der Waals surface area contributed by atoms with E-state index in [0.717, 1.165) is 6.54 Å². The van der Waals surface area contributed by atoms with Gasteiger partial charge in [-0.05, 0) is 37.1 Å². The van der Waals surface area contributed by atoms with Crippen LogP contribution in [-0.4, -0.2) is 28.0 Å². The molecule has 5 heteroatoms. The van der Waals surface area contributed by atoms with Gasteiger partial charge in [0.2, 0.25) is 0 Å². The molecule has 1 saturated heterocycles. The summed E-state index contributed by atoms with van der Waals surface area (Å²) in [6, 6.07) is 10.7. The van der Waals surface area contributed by atoms with Crippen molar-refractivity contribution in [1.82, 2.24) is 14.9 Å². The van der Waals surface area contributed by atoms with E-state index in [1.807, 2.05) is 6.07 Å². The molecular weight excluding hydrogens is 286 g/mol. The Kier molecular flexibility index (Phi) is 5.17. The fourth-order valence-electron chi connectivity index (χ4n) is 2.81. The van der Waals surface area contributed by atoms with E-state index in [9.17, 15) is 0 Å². The molecule has 1 aromatic carbocycles. The molecule has 0 aliphatic carbocycles. The van der Waals surface area contributed by atoms with Crippen LogP contribution < -0.4 is 5.32 Å². The van der Waals surface area contributed by atoms with E-state index >= 15 is 0 Å². The van der Waals surface area contributed by atoms with Gasteiger partial charge in [-0.3, -0.25) is 4.90 Å². The summed E-state index contributed by atoms with van der Waals surface area (Å²) in [6.45, 7) is 4.20. The highest BCUT2D eigenvalue weighted by atomic mass is 15.1. The largest absolute Gasteiger partial charge is 0.365 e. The number of hydrogen-bond donors (Lipinski definition) is 1. The quantitative estimate of drug-likeness (QED) is 0.920. The van der Waals surface area contributed by atoms with E-state index in [0.29, 0.717) is 18.1 Å². The number of piperidine rings is 1. The Labute approximate surface area is 137 Å². The first kappa shape index (κ1) is 15.4. The molecule has 0 saturated carbocycles. The van der Waals surface area contributed by atoms with Crippen molar-refractivity contribution in [3.05, 3.63) is 53.5 Å². The summed E-state index contributed by atoms with van der Waals surface area (Å²) in [5.74, 6) is 0.682. The van der Waals surface area contributed by atoms with E-state index in [1.54, 1.807) is 6.20 Å². The molecule has 0 spiro atoms. The first-order valence-corrected chi connectivity index (χ1v) is 8.10. The van der Waals surface area contributed by atoms with Crippen LogP contribution in [0.15, 0.2) is 36.7 Å². The fourth-order valence-corrected chi connectivity index (χ4v) is 2.81. The molecule has 1 fully saturated rings. The number of nitrogens with zero attached hydrogens (tertiary/aromatic N) is 4. The number of anilines is 1. The van der Waals surface area contributed by atoms with Crippen molar-refractivity contribution in [2.75, 3.05) is 18.4 Å². The van der Waals surface area contributed by atoms with Gasteiger partial charge in [0.15, 0.2) is 5.69 Å². The molecule has 1 aliphatic rings. The van der Waals surface area contributed by atoms with Crippen LogP contribution in [0.5, 0.6) is 0 Å². The van der Waals surface area contributed by atoms with Gasteiger partial charge >= 0.3 is 0 Å². The third-order valence-corrected chi connectivity index (χ3v) is 4.12. The number of aromatic nitrogens is 2. The Balaban J connectivity index is 1.51. The molecule has 118 valence electrons. The lowest BCUT2D eigenvalue weighted by Crippen LogP contribution is -2.29. The smallest absolute Gasteiger partial charge is 0.158 e. The zero-order chi connectivity index (χ0) is 15.9. The molecule has 1 aliphatic heterocycles. The lowest BCUT2D eigenvalue weighted by Gasteiger charge is -2.26. The van der Waals surface area contributed by atoms with Gasteiger partial charge in [-0.1, -0.05) is 30.7 Å². The monoisotopic (exact) mass is 307 g/mol. The first-order valence-electron chi connectivity index (χ1n) is 8.10. The summed E-state index contributed by atoms with van der Waals surface area (Å²) in [4.78, 5) is 10.7. The minimum atomic E-state index is 0.331. The fraction of sp³-hybridized carbons (Fsp3) is 0.389. The highest BCUT2D eigenvalue weighted by molar-refractivity contribution is 5.35. The number of benzene rings is 1. The third kappa shape index (κ3) is 4.51. The van der Waals surface area contributed by atoms with Crippen LogP contribution in [0.25, 0.3) is 0 Å². The predicted octanol–water partition coefficient (Wildman–Crippen LogP) is 2.95. The zero-order valence-corrected chi connectivity index (χ0v) is 13.2. The van der Waals surface area contributed by atoms with Crippen molar-refractivity contribution in [3.8, 4) is 6.07 Å². The second kappa shape index (κ2) is 7.70. The molecule has 2 aromatic rings. The van der Waals surface area contributed by atoms with Gasteiger partial charge in [-0.15, -0.1) is 0 Å². The predicted molar refractivity (Wildman–Crippen MR) is 89.6 cm³/mol. The SMILES string of the molecule is N#Cc1cnc(NCc2ccc(CN3CCCCC3)cc2)cn1. The summed E-state index contributed by atoms with van der Waals surface area (Å²) in [7, 11) is 0. The van der Waals surface area contributed by atoms with E-state index < -0.39 is 0 Å². The number of nitriles is 1. The number of likely N-dealkylation sites (tertiary alicyclic amines) is 1. The Morgan fingerprint density at radius 1 is 1.00 bits per heavy atom. The molecule has 0 radical (unpaired) electrons. The van der Waals surface area contributed by atoms with Crippen LogP contribution in [0.2, 0.25) is 0 Å². The van der Waals surface area contributed by atoms with Crippen molar-refractivity contribution in [3.63, 3.8) is 0 Å². The van der Waals surface area contributed by atoms with Crippen LogP contribution in [0.1, 0.15) is 36.1 Å². The third-order valence-electron chi connectivity index (χ3n) is 4.12. The number of hydrogen-bond acceptors (Lipinski definition) is 5. The average Bonchev–Trinajstić information content (AvgIpc) is 2.62. The van der Waals surface area contributed by atoms with Gasteiger partial charge in [0, 0.05) is 13.1 Å². The maximum atomic E-state index is 8.70. The Hall–Kier alpha value is -2.45. The Morgan fingerprint density at radius 2 is 1.74 bits per heavy atom. The van der Waals surface area contributed by atoms with Crippen molar-refractivity contribution in [2.24, 2.45) is 0 Å². The van der Waals surface area contributed by atoms with Crippen LogP contribution in [0, 0.1) is 11.3 Å². The van der Waals surface area contributed by atoms with Gasteiger partial charge in [0.05, 0.1) is 12.4 Å². The van der Waals surface area contributed by atoms with E-state index in [1.165, 1.54) is 49.7 Å². The van der Waals surface area contributed by atoms with Crippen LogP contribution in [-0.2, 0) is 13.1 Å². The Bertz CT molecular complexity index is 651. The topological polar surface area (TPSA) is 64.8 Å². The minimum Gasteiger partial charge on any atom is -0.365 e. The molecule has 1 N–H and O–H groups in total. The highest BCUT2D eigenvalue weighted by Crippen LogP contribution is 2.14. The van der Waals surface area contributed by atoms with Gasteiger partial charge in [0.1, 0.15) is 11.9 Å².